The van der Waals surface area contributed by atoms with Crippen LogP contribution in [0.25, 0.3) is 0 Å². The Labute approximate surface area is 152 Å². The van der Waals surface area contributed by atoms with Gasteiger partial charge in [-0.3, -0.25) is 10.1 Å². The second-order valence-corrected chi connectivity index (χ2v) is 6.90. The quantitative estimate of drug-likeness (QED) is 0.241. The highest BCUT2D eigenvalue weighted by Gasteiger charge is 2.47. The van der Waals surface area contributed by atoms with Crippen molar-refractivity contribution >= 4 is 13.8 Å². The van der Waals surface area contributed by atoms with Crippen LogP contribution in [0.2, 0.25) is 0 Å². The van der Waals surface area contributed by atoms with Crippen LogP contribution in [0.5, 0.6) is 0 Å². The minimum absolute atomic E-state index is 0.0825. The lowest BCUT2D eigenvalue weighted by atomic mass is 10.1. The molecule has 0 aliphatic rings. The fourth-order valence-electron chi connectivity index (χ4n) is 2.00. The molecule has 0 spiro atoms. The monoisotopic (exact) mass is 390 g/mol. The number of aliphatic hydroxyl groups is 2. The van der Waals surface area contributed by atoms with Crippen molar-refractivity contribution in [1.82, 2.24) is 0 Å². The lowest BCUT2D eigenvalue weighted by Gasteiger charge is -2.15. The highest BCUT2D eigenvalue weighted by Crippen LogP contribution is 2.63. The predicted octanol–water partition coefficient (Wildman–Crippen LogP) is 3.58. The van der Waals surface area contributed by atoms with Gasteiger partial charge in [-0.2, -0.15) is 13.6 Å². The third kappa shape index (κ3) is 6.99. The maximum Gasteiger partial charge on any atom is 0.572 e. The van der Waals surface area contributed by atoms with Crippen molar-refractivity contribution in [2.45, 2.75) is 39.5 Å². The van der Waals surface area contributed by atoms with Gasteiger partial charge in [-0.05, 0) is 38.5 Å². The van der Waals surface area contributed by atoms with Crippen molar-refractivity contribution in [1.29, 1.82) is 0 Å². The summed E-state index contributed by atoms with van der Waals surface area (Å²) in [6, 6.07) is 5.40. The topological polar surface area (TPSA) is 136 Å². The Hall–Kier alpha value is -1.55. The van der Waals surface area contributed by atoms with Crippen molar-refractivity contribution in [3.8, 4) is 0 Å². The number of hydrogen-bond acceptors (Lipinski definition) is 9. The zero-order chi connectivity index (χ0) is 19.6. The fourth-order valence-corrected chi connectivity index (χ4v) is 3.61. The second-order valence-electron chi connectivity index (χ2n) is 5.01. The zero-order valence-corrected chi connectivity index (χ0v) is 15.9. The van der Waals surface area contributed by atoms with Crippen molar-refractivity contribution in [3.63, 3.8) is 0 Å². The van der Waals surface area contributed by atoms with Crippen LogP contribution in [0.4, 0.5) is 5.69 Å². The lowest BCUT2D eigenvalue weighted by Crippen LogP contribution is -2.11. The van der Waals surface area contributed by atoms with E-state index in [9.17, 15) is 20.3 Å². The SMILES string of the molecule is CCO[P+](N=NC(O)CC(O)c1ccc([N+](=O)[O-])cc1)(OCC)OCC. The van der Waals surface area contributed by atoms with E-state index in [2.05, 4.69) is 10.00 Å². The van der Waals surface area contributed by atoms with Crippen LogP contribution in [0, 0.1) is 10.1 Å². The molecular weight excluding hydrogens is 365 g/mol. The fraction of sp³-hybridized carbons (Fsp3) is 0.600. The van der Waals surface area contributed by atoms with Gasteiger partial charge in [0.15, 0.2) is 6.23 Å². The number of hydrogen-bond donors (Lipinski definition) is 2. The van der Waals surface area contributed by atoms with E-state index >= 15 is 0 Å². The van der Waals surface area contributed by atoms with Crippen LogP contribution in [0.15, 0.2) is 34.3 Å². The van der Waals surface area contributed by atoms with E-state index in [4.69, 9.17) is 13.6 Å². The van der Waals surface area contributed by atoms with E-state index < -0.39 is 25.3 Å². The smallest absolute Gasteiger partial charge is 0.388 e. The van der Waals surface area contributed by atoms with Gasteiger partial charge in [0.25, 0.3) is 5.69 Å². The van der Waals surface area contributed by atoms with Gasteiger partial charge in [-0.15, -0.1) is 5.11 Å². The maximum absolute atomic E-state index is 10.6. The molecular formula is C15H25N3O7P+. The lowest BCUT2D eigenvalue weighted by molar-refractivity contribution is -0.384. The number of nitro groups is 1. The molecule has 0 aliphatic heterocycles. The van der Waals surface area contributed by atoms with Crippen molar-refractivity contribution in [2.75, 3.05) is 19.8 Å². The largest absolute Gasteiger partial charge is 0.572 e. The molecule has 0 aliphatic carbocycles. The molecule has 0 saturated carbocycles. The van der Waals surface area contributed by atoms with Gasteiger partial charge in [0.2, 0.25) is 0 Å². The average Bonchev–Trinajstić information content (AvgIpc) is 2.61. The van der Waals surface area contributed by atoms with Crippen LogP contribution in [0.1, 0.15) is 38.9 Å². The molecule has 0 bridgehead atoms. The minimum Gasteiger partial charge on any atom is -0.388 e. The van der Waals surface area contributed by atoms with E-state index in [-0.39, 0.29) is 12.1 Å². The molecule has 1 aromatic carbocycles. The summed E-state index contributed by atoms with van der Waals surface area (Å²) >= 11 is 0. The molecule has 10 nitrogen and oxygen atoms in total. The highest BCUT2D eigenvalue weighted by atomic mass is 31.2. The van der Waals surface area contributed by atoms with Gasteiger partial charge in [0, 0.05) is 18.6 Å². The Morgan fingerprint density at radius 1 is 1.08 bits per heavy atom. The van der Waals surface area contributed by atoms with E-state index in [1.54, 1.807) is 20.8 Å². The molecule has 0 heterocycles. The summed E-state index contributed by atoms with van der Waals surface area (Å²) in [5.41, 5.74) is 0.339. The number of benzene rings is 1. The Kier molecular flexibility index (Phi) is 9.71. The maximum atomic E-state index is 10.6. The molecule has 2 unspecified atom stereocenters. The molecule has 0 aromatic heterocycles. The van der Waals surface area contributed by atoms with Gasteiger partial charge in [0.1, 0.15) is 0 Å². The predicted molar refractivity (Wildman–Crippen MR) is 95.3 cm³/mol. The van der Waals surface area contributed by atoms with Crippen LogP contribution < -0.4 is 0 Å². The summed E-state index contributed by atoms with van der Waals surface area (Å²) in [4.78, 5) is 14.0. The summed E-state index contributed by atoms with van der Waals surface area (Å²) in [5, 5.41) is 34.6. The summed E-state index contributed by atoms with van der Waals surface area (Å²) in [6.45, 7) is 6.18. The first-order chi connectivity index (χ1) is 12.4. The van der Waals surface area contributed by atoms with Crippen LogP contribution in [-0.2, 0) is 13.6 Å². The van der Waals surface area contributed by atoms with Gasteiger partial charge in [-0.1, -0.05) is 0 Å². The Morgan fingerprint density at radius 2 is 1.58 bits per heavy atom. The number of rotatable bonds is 12. The van der Waals surface area contributed by atoms with Gasteiger partial charge >= 0.3 is 8.09 Å². The zero-order valence-electron chi connectivity index (χ0n) is 15.0. The third-order valence-electron chi connectivity index (χ3n) is 3.09. The molecule has 0 radical (unpaired) electrons. The van der Waals surface area contributed by atoms with Gasteiger partial charge < -0.3 is 10.2 Å². The van der Waals surface area contributed by atoms with Crippen molar-refractivity contribution in [3.05, 3.63) is 39.9 Å². The molecule has 0 saturated heterocycles. The van der Waals surface area contributed by atoms with Gasteiger partial charge in [0.05, 0.1) is 35.7 Å². The first kappa shape index (κ1) is 22.5. The minimum atomic E-state index is -3.04. The van der Waals surface area contributed by atoms with Crippen LogP contribution in [-0.4, -0.2) is 41.2 Å². The summed E-state index contributed by atoms with van der Waals surface area (Å²) < 4.78 is 16.4. The summed E-state index contributed by atoms with van der Waals surface area (Å²) in [6.07, 6.45) is -2.53. The number of nitrogens with zero attached hydrogens (tertiary/aromatic N) is 3. The third-order valence-corrected chi connectivity index (χ3v) is 5.17. The van der Waals surface area contributed by atoms with Crippen LogP contribution in [0.3, 0.4) is 0 Å². The second kappa shape index (κ2) is 11.2. The Balaban J connectivity index is 2.76. The summed E-state index contributed by atoms with van der Waals surface area (Å²) in [5.74, 6) is 0. The van der Waals surface area contributed by atoms with Crippen LogP contribution >= 0.6 is 8.09 Å². The van der Waals surface area contributed by atoms with Crippen molar-refractivity contribution in [2.24, 2.45) is 10.00 Å². The molecule has 0 fully saturated rings. The Morgan fingerprint density at radius 3 is 2.00 bits per heavy atom. The molecule has 11 heteroatoms. The first-order valence-electron chi connectivity index (χ1n) is 8.22. The number of aliphatic hydroxyl groups excluding tert-OH is 2. The van der Waals surface area contributed by atoms with E-state index in [0.29, 0.717) is 25.4 Å². The number of nitro benzene ring substituents is 1. The number of non-ortho nitro benzene ring substituents is 1. The van der Waals surface area contributed by atoms with Gasteiger partial charge in [-0.25, -0.2) is 0 Å². The van der Waals surface area contributed by atoms with Crippen molar-refractivity contribution < 1.29 is 28.7 Å². The molecule has 1 aromatic rings. The highest BCUT2D eigenvalue weighted by molar-refractivity contribution is 7.59. The molecule has 0 amide bonds. The molecule has 26 heavy (non-hydrogen) atoms. The molecule has 1 rings (SSSR count). The average molecular weight is 390 g/mol. The molecule has 146 valence electrons. The summed E-state index contributed by atoms with van der Waals surface area (Å²) in [7, 11) is -3.04. The standard InChI is InChI=1S/C15H25N3O7P/c1-4-23-26(24-5-2,25-6-3)17-16-15(20)11-14(19)12-7-9-13(10-8-12)18(21)22/h7-10,14-15,19-20H,4-6,11H2,1-3H3/q+1. The first-order valence-corrected chi connectivity index (χ1v) is 9.72. The Bertz CT molecular complexity index is 568. The van der Waals surface area contributed by atoms with E-state index in [1.807, 2.05) is 0 Å². The normalized spacial score (nSPS) is 14.5. The van der Waals surface area contributed by atoms with E-state index in [1.165, 1.54) is 24.3 Å². The molecule has 2 N–H and O–H groups in total. The molecule has 2 atom stereocenters. The van der Waals surface area contributed by atoms with E-state index in [0.717, 1.165) is 0 Å².